The fourth-order valence-corrected chi connectivity index (χ4v) is 8.48. The van der Waals surface area contributed by atoms with Gasteiger partial charge < -0.3 is 9.47 Å². The molecule has 0 radical (unpaired) electrons. The summed E-state index contributed by atoms with van der Waals surface area (Å²) in [6.07, 6.45) is 54.9. The van der Waals surface area contributed by atoms with Gasteiger partial charge in [-0.3, -0.25) is 0 Å². The monoisotopic (exact) mass is 803 g/mol. The first kappa shape index (κ1) is 51.8. The van der Waals surface area contributed by atoms with Crippen LogP contribution in [0.1, 0.15) is 269 Å². The summed E-state index contributed by atoms with van der Waals surface area (Å²) in [5.41, 5.74) is 2.60. The lowest BCUT2D eigenvalue weighted by Gasteiger charge is -2.08. The number of benzene rings is 2. The minimum atomic E-state index is -0.682. The van der Waals surface area contributed by atoms with E-state index in [1.807, 2.05) is 24.3 Å². The van der Waals surface area contributed by atoms with Crippen molar-refractivity contribution in [1.82, 2.24) is 0 Å². The normalized spacial score (nSPS) is 11.3. The molecule has 0 fully saturated rings. The van der Waals surface area contributed by atoms with Crippen LogP contribution in [0.3, 0.4) is 0 Å². The molecule has 0 aliphatic heterocycles. The molecule has 0 unspecified atom stereocenters. The molecule has 2 aromatic carbocycles. The number of ether oxygens (including phenoxy) is 2. The van der Waals surface area contributed by atoms with Crippen LogP contribution in [0.25, 0.3) is 0 Å². The molecule has 0 N–H and O–H groups in total. The van der Waals surface area contributed by atoms with Gasteiger partial charge in [-0.25, -0.2) is 4.79 Å². The molecule has 3 nitrogen and oxygen atoms in total. The van der Waals surface area contributed by atoms with Gasteiger partial charge in [0.15, 0.2) is 0 Å². The second-order valence-electron chi connectivity index (χ2n) is 18.0. The zero-order valence-corrected chi connectivity index (χ0v) is 38.6. The van der Waals surface area contributed by atoms with Crippen LogP contribution in [-0.4, -0.2) is 6.16 Å². The molecular formula is C55H94O3. The molecule has 332 valence electrons. The molecule has 2 aromatic rings. The highest BCUT2D eigenvalue weighted by molar-refractivity contribution is 5.67. The lowest BCUT2D eigenvalue weighted by Crippen LogP contribution is -2.13. The molecule has 0 amide bonds. The van der Waals surface area contributed by atoms with Gasteiger partial charge in [-0.15, -0.1) is 0 Å². The Hall–Kier alpha value is -2.29. The van der Waals surface area contributed by atoms with Crippen LogP contribution >= 0.6 is 0 Å². The summed E-state index contributed by atoms with van der Waals surface area (Å²) in [5.74, 6) is 1.06. The maximum atomic E-state index is 12.4. The first-order valence-corrected chi connectivity index (χ1v) is 25.8. The Morgan fingerprint density at radius 3 is 0.690 bits per heavy atom. The molecule has 58 heavy (non-hydrogen) atoms. The smallest absolute Gasteiger partial charge is 0.395 e. The van der Waals surface area contributed by atoms with E-state index in [0.717, 1.165) is 12.8 Å². The van der Waals surface area contributed by atoms with Crippen molar-refractivity contribution in [3.05, 3.63) is 59.7 Å². The maximum absolute atomic E-state index is 12.4. The van der Waals surface area contributed by atoms with Gasteiger partial charge in [0.2, 0.25) is 0 Å². The van der Waals surface area contributed by atoms with Gasteiger partial charge >= 0.3 is 6.16 Å². The van der Waals surface area contributed by atoms with Crippen LogP contribution in [0.2, 0.25) is 0 Å². The van der Waals surface area contributed by atoms with Gasteiger partial charge in [0.1, 0.15) is 11.5 Å². The second-order valence-corrected chi connectivity index (χ2v) is 18.0. The average Bonchev–Trinajstić information content (AvgIpc) is 3.23. The molecule has 0 saturated heterocycles. The maximum Gasteiger partial charge on any atom is 0.519 e. The van der Waals surface area contributed by atoms with Crippen molar-refractivity contribution in [2.75, 3.05) is 0 Å². The van der Waals surface area contributed by atoms with Gasteiger partial charge in [-0.2, -0.15) is 0 Å². The number of unbranched alkanes of at least 4 members (excludes halogenated alkanes) is 36. The Labute approximate surface area is 361 Å². The van der Waals surface area contributed by atoms with E-state index in [0.29, 0.717) is 11.5 Å². The van der Waals surface area contributed by atoms with Crippen molar-refractivity contribution in [2.24, 2.45) is 0 Å². The zero-order valence-electron chi connectivity index (χ0n) is 38.6. The highest BCUT2D eigenvalue weighted by atomic mass is 16.7. The van der Waals surface area contributed by atoms with Crippen LogP contribution in [0.15, 0.2) is 48.5 Å². The third kappa shape index (κ3) is 32.5. The number of aryl methyl sites for hydroxylation is 2. The van der Waals surface area contributed by atoms with Crippen molar-refractivity contribution in [3.8, 4) is 11.5 Å². The van der Waals surface area contributed by atoms with Crippen LogP contribution in [0, 0.1) is 0 Å². The summed E-state index contributed by atoms with van der Waals surface area (Å²) >= 11 is 0. The van der Waals surface area contributed by atoms with Gasteiger partial charge in [-0.05, 0) is 61.1 Å². The molecule has 0 atom stereocenters. The predicted octanol–water partition coefficient (Wildman–Crippen LogP) is 19.2. The van der Waals surface area contributed by atoms with Gasteiger partial charge in [-0.1, -0.05) is 269 Å². The summed E-state index contributed by atoms with van der Waals surface area (Å²) in [6, 6.07) is 15.8. The van der Waals surface area contributed by atoms with Crippen molar-refractivity contribution in [3.63, 3.8) is 0 Å². The molecule has 0 aliphatic carbocycles. The Balaban J connectivity index is 1.36. The highest BCUT2D eigenvalue weighted by Crippen LogP contribution is 2.20. The Morgan fingerprint density at radius 1 is 0.293 bits per heavy atom. The molecule has 0 aliphatic rings. The number of rotatable bonds is 42. The van der Waals surface area contributed by atoms with Crippen molar-refractivity contribution in [1.29, 1.82) is 0 Å². The molecule has 0 spiro atoms. The molecule has 0 heterocycles. The third-order valence-electron chi connectivity index (χ3n) is 12.4. The fourth-order valence-electron chi connectivity index (χ4n) is 8.48. The summed E-state index contributed by atoms with van der Waals surface area (Å²) in [4.78, 5) is 12.4. The van der Waals surface area contributed by atoms with Crippen LogP contribution in [0.5, 0.6) is 11.5 Å². The second kappa shape index (κ2) is 40.1. The molecule has 2 rings (SSSR count). The van der Waals surface area contributed by atoms with Crippen LogP contribution in [0.4, 0.5) is 4.79 Å². The number of hydrogen-bond acceptors (Lipinski definition) is 3. The SMILES string of the molecule is CCCCCCCCCCCCCCCCCCCCCc1ccc(OC(=O)Oc2ccc(CCCCCCCCCCCCCCCCCCCCC)cc2)cc1. The number of hydrogen-bond donors (Lipinski definition) is 0. The topological polar surface area (TPSA) is 35.5 Å². The van der Waals surface area contributed by atoms with Gasteiger partial charge in [0.05, 0.1) is 0 Å². The number of carbonyl (C=O) groups excluding carboxylic acids is 1. The molecule has 3 heteroatoms. The third-order valence-corrected chi connectivity index (χ3v) is 12.4. The average molecular weight is 803 g/mol. The Kier molecular flexibility index (Phi) is 35.9. The minimum absolute atomic E-state index is 0.530. The minimum Gasteiger partial charge on any atom is -0.395 e. The van der Waals surface area contributed by atoms with E-state index in [2.05, 4.69) is 38.1 Å². The van der Waals surface area contributed by atoms with E-state index in [4.69, 9.17) is 9.47 Å². The molecule has 0 saturated carbocycles. The summed E-state index contributed by atoms with van der Waals surface area (Å²) in [6.45, 7) is 4.59. The quantitative estimate of drug-likeness (QED) is 0.0381. The van der Waals surface area contributed by atoms with Gasteiger partial charge in [0.25, 0.3) is 0 Å². The van der Waals surface area contributed by atoms with E-state index < -0.39 is 6.16 Å². The van der Waals surface area contributed by atoms with E-state index in [1.165, 1.54) is 255 Å². The van der Waals surface area contributed by atoms with Crippen LogP contribution < -0.4 is 9.47 Å². The first-order chi connectivity index (χ1) is 28.7. The van der Waals surface area contributed by atoms with Crippen molar-refractivity contribution in [2.45, 2.75) is 271 Å². The van der Waals surface area contributed by atoms with Crippen molar-refractivity contribution >= 4 is 6.16 Å². The van der Waals surface area contributed by atoms with E-state index in [1.54, 1.807) is 0 Å². The van der Waals surface area contributed by atoms with Crippen molar-refractivity contribution < 1.29 is 14.3 Å². The van der Waals surface area contributed by atoms with E-state index in [-0.39, 0.29) is 0 Å². The Morgan fingerprint density at radius 2 is 0.483 bits per heavy atom. The largest absolute Gasteiger partial charge is 0.519 e. The first-order valence-electron chi connectivity index (χ1n) is 25.8. The summed E-state index contributed by atoms with van der Waals surface area (Å²) in [7, 11) is 0. The molecule has 0 bridgehead atoms. The lowest BCUT2D eigenvalue weighted by atomic mass is 10.0. The fraction of sp³-hybridized carbons (Fsp3) is 0.764. The predicted molar refractivity (Wildman–Crippen MR) is 254 cm³/mol. The lowest BCUT2D eigenvalue weighted by molar-refractivity contribution is 0.152. The highest BCUT2D eigenvalue weighted by Gasteiger charge is 2.09. The van der Waals surface area contributed by atoms with E-state index >= 15 is 0 Å². The van der Waals surface area contributed by atoms with Gasteiger partial charge in [0, 0.05) is 0 Å². The molecule has 0 aromatic heterocycles. The Bertz CT molecular complexity index is 1050. The zero-order chi connectivity index (χ0) is 41.2. The summed E-state index contributed by atoms with van der Waals surface area (Å²) in [5, 5.41) is 0. The summed E-state index contributed by atoms with van der Waals surface area (Å²) < 4.78 is 10.9. The van der Waals surface area contributed by atoms with E-state index in [9.17, 15) is 4.79 Å². The molecular weight excluding hydrogens is 709 g/mol. The van der Waals surface area contributed by atoms with Crippen LogP contribution in [-0.2, 0) is 12.8 Å². The number of carbonyl (C=O) groups is 1. The standard InChI is InChI=1S/C55H94O3/c1-3-5-7-9-11-13-15-17-19-21-23-25-27-29-31-33-35-37-39-41-51-43-47-53(48-44-51)57-55(56)58-54-49-45-52(46-50-54)42-40-38-36-34-32-30-28-26-24-22-20-18-16-14-12-10-8-6-4-2/h43-50H,3-42H2,1-2H3.